The van der Waals surface area contributed by atoms with E-state index < -0.39 is 4.92 Å². The van der Waals surface area contributed by atoms with Gasteiger partial charge in [-0.15, -0.1) is 0 Å². The van der Waals surface area contributed by atoms with Crippen LogP contribution in [0.1, 0.15) is 29.6 Å². The van der Waals surface area contributed by atoms with Crippen molar-refractivity contribution >= 4 is 29.0 Å². The number of rotatable bonds is 5. The number of thioether (sulfide) groups is 1. The monoisotopic (exact) mass is 310 g/mol. The van der Waals surface area contributed by atoms with Gasteiger partial charge in [-0.25, -0.2) is 0 Å². The van der Waals surface area contributed by atoms with Gasteiger partial charge in [0.2, 0.25) is 0 Å². The zero-order chi connectivity index (χ0) is 15.4. The number of nitrogens with two attached hydrogens (primary N) is 1. The predicted molar refractivity (Wildman–Crippen MR) is 83.3 cm³/mol. The first kappa shape index (κ1) is 15.6. The highest BCUT2D eigenvalue weighted by molar-refractivity contribution is 7.99. The van der Waals surface area contributed by atoms with Crippen LogP contribution in [0.3, 0.4) is 0 Å². The van der Waals surface area contributed by atoms with Crippen molar-refractivity contribution in [1.82, 2.24) is 5.32 Å². The molecular formula is C13H18N4O3S. The van der Waals surface area contributed by atoms with Gasteiger partial charge in [-0.05, 0) is 31.6 Å². The summed E-state index contributed by atoms with van der Waals surface area (Å²) in [6, 6.07) is 4.43. The molecule has 2 unspecified atom stereocenters. The van der Waals surface area contributed by atoms with Crippen molar-refractivity contribution in [2.75, 3.05) is 11.7 Å². The van der Waals surface area contributed by atoms with E-state index in [4.69, 9.17) is 5.84 Å². The standard InChI is InChI=1S/C13H18N4O3S/c1-21-9-6-5-8(7-9)15-13(18)10-3-2-4-11(17(19)20)12(10)16-14/h2-4,8-9,16H,5-7,14H2,1H3,(H,15,18). The summed E-state index contributed by atoms with van der Waals surface area (Å²) in [4.78, 5) is 22.7. The second-order valence-corrected chi connectivity index (χ2v) is 6.08. The van der Waals surface area contributed by atoms with E-state index in [-0.39, 0.29) is 28.9 Å². The van der Waals surface area contributed by atoms with Crippen LogP contribution in [0.25, 0.3) is 0 Å². The highest BCUT2D eigenvalue weighted by atomic mass is 32.2. The summed E-state index contributed by atoms with van der Waals surface area (Å²) in [7, 11) is 0. The molecule has 0 radical (unpaired) electrons. The smallest absolute Gasteiger partial charge is 0.294 e. The van der Waals surface area contributed by atoms with E-state index in [1.165, 1.54) is 18.2 Å². The molecular weight excluding hydrogens is 292 g/mol. The molecule has 4 N–H and O–H groups in total. The van der Waals surface area contributed by atoms with Crippen LogP contribution in [0.2, 0.25) is 0 Å². The summed E-state index contributed by atoms with van der Waals surface area (Å²) in [5.41, 5.74) is 2.29. The predicted octanol–water partition coefficient (Wildman–Crippen LogP) is 1.89. The van der Waals surface area contributed by atoms with Crippen LogP contribution in [0.5, 0.6) is 0 Å². The number of benzene rings is 1. The molecule has 0 bridgehead atoms. The minimum atomic E-state index is -0.564. The summed E-state index contributed by atoms with van der Waals surface area (Å²) in [6.45, 7) is 0. The quantitative estimate of drug-likeness (QED) is 0.435. The Balaban J connectivity index is 2.16. The number of nitrogens with one attached hydrogen (secondary N) is 2. The fourth-order valence-corrected chi connectivity index (χ4v) is 3.38. The molecule has 1 aliphatic carbocycles. The number of nitrogens with zero attached hydrogens (tertiary/aromatic N) is 1. The Labute approximate surface area is 126 Å². The van der Waals surface area contributed by atoms with Crippen molar-refractivity contribution in [3.05, 3.63) is 33.9 Å². The van der Waals surface area contributed by atoms with Gasteiger partial charge in [0.1, 0.15) is 5.69 Å². The van der Waals surface area contributed by atoms with Gasteiger partial charge < -0.3 is 10.7 Å². The summed E-state index contributed by atoms with van der Waals surface area (Å²) < 4.78 is 0. The third kappa shape index (κ3) is 3.45. The van der Waals surface area contributed by atoms with E-state index in [1.807, 2.05) is 0 Å². The van der Waals surface area contributed by atoms with E-state index in [2.05, 4.69) is 17.0 Å². The second kappa shape index (κ2) is 6.77. The average molecular weight is 310 g/mol. The van der Waals surface area contributed by atoms with Gasteiger partial charge in [-0.3, -0.25) is 20.8 Å². The van der Waals surface area contributed by atoms with Gasteiger partial charge in [0.25, 0.3) is 11.6 Å². The lowest BCUT2D eigenvalue weighted by atomic mass is 10.1. The fraction of sp³-hybridized carbons (Fsp3) is 0.462. The maximum Gasteiger partial charge on any atom is 0.294 e. The lowest BCUT2D eigenvalue weighted by Crippen LogP contribution is -2.34. The number of carbonyl (C=O) groups excluding carboxylic acids is 1. The molecule has 0 aliphatic heterocycles. The molecule has 2 rings (SSSR count). The van der Waals surface area contributed by atoms with E-state index in [9.17, 15) is 14.9 Å². The molecule has 2 atom stereocenters. The van der Waals surface area contributed by atoms with Gasteiger partial charge in [-0.1, -0.05) is 6.07 Å². The number of amides is 1. The summed E-state index contributed by atoms with van der Waals surface area (Å²) in [6.07, 6.45) is 4.99. The molecule has 0 heterocycles. The van der Waals surface area contributed by atoms with E-state index in [0.29, 0.717) is 5.25 Å². The zero-order valence-corrected chi connectivity index (χ0v) is 12.5. The molecule has 114 valence electrons. The molecule has 1 aromatic rings. The fourth-order valence-electron chi connectivity index (χ4n) is 2.58. The first-order valence-electron chi connectivity index (χ1n) is 6.64. The minimum Gasteiger partial charge on any atom is -0.349 e. The molecule has 1 amide bonds. The highest BCUT2D eigenvalue weighted by Gasteiger charge is 2.27. The first-order valence-corrected chi connectivity index (χ1v) is 7.93. The lowest BCUT2D eigenvalue weighted by Gasteiger charge is -2.14. The lowest BCUT2D eigenvalue weighted by molar-refractivity contribution is -0.384. The van der Waals surface area contributed by atoms with E-state index >= 15 is 0 Å². The molecule has 1 aromatic carbocycles. The molecule has 0 aromatic heterocycles. The highest BCUT2D eigenvalue weighted by Crippen LogP contribution is 2.30. The van der Waals surface area contributed by atoms with Gasteiger partial charge in [0.05, 0.1) is 10.5 Å². The Morgan fingerprint density at radius 1 is 1.48 bits per heavy atom. The van der Waals surface area contributed by atoms with Crippen molar-refractivity contribution < 1.29 is 9.72 Å². The largest absolute Gasteiger partial charge is 0.349 e. The van der Waals surface area contributed by atoms with Crippen LogP contribution in [0, 0.1) is 10.1 Å². The molecule has 1 aliphatic rings. The summed E-state index contributed by atoms with van der Waals surface area (Å²) in [5, 5.41) is 14.4. The Morgan fingerprint density at radius 3 is 2.81 bits per heavy atom. The van der Waals surface area contributed by atoms with Gasteiger partial charge in [-0.2, -0.15) is 11.8 Å². The number of hydrazine groups is 1. The molecule has 8 heteroatoms. The van der Waals surface area contributed by atoms with Gasteiger partial charge >= 0.3 is 0 Å². The van der Waals surface area contributed by atoms with Crippen molar-refractivity contribution in [3.63, 3.8) is 0 Å². The van der Waals surface area contributed by atoms with Crippen LogP contribution < -0.4 is 16.6 Å². The number of nitrogen functional groups attached to an aromatic ring is 1. The zero-order valence-electron chi connectivity index (χ0n) is 11.7. The Bertz CT molecular complexity index is 552. The van der Waals surface area contributed by atoms with Crippen LogP contribution in [-0.4, -0.2) is 28.4 Å². The van der Waals surface area contributed by atoms with Crippen molar-refractivity contribution in [1.29, 1.82) is 0 Å². The topological polar surface area (TPSA) is 110 Å². The molecule has 0 saturated heterocycles. The van der Waals surface area contributed by atoms with Gasteiger partial charge in [0.15, 0.2) is 0 Å². The average Bonchev–Trinajstić information content (AvgIpc) is 2.93. The maximum atomic E-state index is 12.3. The maximum absolute atomic E-state index is 12.3. The van der Waals surface area contributed by atoms with Crippen molar-refractivity contribution in [2.24, 2.45) is 5.84 Å². The second-order valence-electron chi connectivity index (χ2n) is 4.94. The number of nitro benzene ring substituents is 1. The minimum absolute atomic E-state index is 0.0411. The van der Waals surface area contributed by atoms with Crippen LogP contribution in [0.15, 0.2) is 18.2 Å². The summed E-state index contributed by atoms with van der Waals surface area (Å²) in [5.74, 6) is 5.01. The third-order valence-corrected chi connectivity index (χ3v) is 4.78. The Morgan fingerprint density at radius 2 is 2.24 bits per heavy atom. The first-order chi connectivity index (χ1) is 10.1. The Kier molecular flexibility index (Phi) is 5.03. The van der Waals surface area contributed by atoms with Crippen molar-refractivity contribution in [2.45, 2.75) is 30.6 Å². The molecule has 0 spiro atoms. The molecule has 7 nitrogen and oxygen atoms in total. The van der Waals surface area contributed by atoms with Crippen LogP contribution >= 0.6 is 11.8 Å². The third-order valence-electron chi connectivity index (χ3n) is 3.68. The number of hydrogen-bond donors (Lipinski definition) is 3. The summed E-state index contributed by atoms with van der Waals surface area (Å²) >= 11 is 1.80. The Hall–Kier alpha value is -1.80. The number of carbonyl (C=O) groups is 1. The van der Waals surface area contributed by atoms with Crippen LogP contribution in [0.4, 0.5) is 11.4 Å². The molecule has 21 heavy (non-hydrogen) atoms. The number of nitro groups is 1. The molecule has 1 fully saturated rings. The molecule has 1 saturated carbocycles. The normalized spacial score (nSPS) is 21.0. The number of para-hydroxylation sites is 1. The number of anilines is 1. The number of hydrogen-bond acceptors (Lipinski definition) is 6. The van der Waals surface area contributed by atoms with Crippen LogP contribution in [-0.2, 0) is 0 Å². The van der Waals surface area contributed by atoms with Gasteiger partial charge in [0, 0.05) is 17.4 Å². The van der Waals surface area contributed by atoms with E-state index in [1.54, 1.807) is 11.8 Å². The van der Waals surface area contributed by atoms with Crippen molar-refractivity contribution in [3.8, 4) is 0 Å². The van der Waals surface area contributed by atoms with E-state index in [0.717, 1.165) is 19.3 Å². The SMILES string of the molecule is CSC1CCC(NC(=O)c2cccc([N+](=O)[O-])c2NN)C1.